The Kier molecular flexibility index (Phi) is 5.71. The molecule has 8 nitrogen and oxygen atoms in total. The Morgan fingerprint density at radius 2 is 2.19 bits per heavy atom. The highest BCUT2D eigenvalue weighted by molar-refractivity contribution is 7.14. The second-order valence-corrected chi connectivity index (χ2v) is 8.27. The molecule has 2 aromatic heterocycles. The molecule has 1 unspecified atom stereocenters. The van der Waals surface area contributed by atoms with Crippen molar-refractivity contribution in [2.24, 2.45) is 5.73 Å². The molecule has 3 heterocycles. The maximum absolute atomic E-state index is 13.0. The highest BCUT2D eigenvalue weighted by atomic mass is 32.1. The van der Waals surface area contributed by atoms with Crippen LogP contribution in [0.5, 0.6) is 0 Å². The second kappa shape index (κ2) is 8.01. The van der Waals surface area contributed by atoms with Crippen LogP contribution < -0.4 is 16.4 Å². The van der Waals surface area contributed by atoms with Crippen LogP contribution in [0.15, 0.2) is 12.3 Å². The summed E-state index contributed by atoms with van der Waals surface area (Å²) in [7, 11) is 0. The number of halogens is 1. The molecule has 0 radical (unpaired) electrons. The van der Waals surface area contributed by atoms with E-state index in [9.17, 15) is 18.8 Å². The van der Waals surface area contributed by atoms with E-state index < -0.39 is 11.2 Å². The maximum Gasteiger partial charge on any atom is 0.312 e. The molecule has 1 fully saturated rings. The lowest BCUT2D eigenvalue weighted by molar-refractivity contribution is -0.130. The van der Waals surface area contributed by atoms with Crippen molar-refractivity contribution < 1.29 is 18.8 Å². The Bertz CT molecular complexity index is 881. The van der Waals surface area contributed by atoms with Crippen molar-refractivity contribution in [3.63, 3.8) is 0 Å². The number of hydrogen-bond donors (Lipinski definition) is 3. The third kappa shape index (κ3) is 4.42. The first-order valence-electron chi connectivity index (χ1n) is 8.21. The number of thiazole rings is 1. The van der Waals surface area contributed by atoms with E-state index in [4.69, 9.17) is 5.73 Å². The SMILES string of the molecule is Cc1sc(C2CCCN2C(=O)CNC(N)=O)cc1C(=O)Nc1ncc(F)s1. The van der Waals surface area contributed by atoms with Gasteiger partial charge in [-0.25, -0.2) is 9.78 Å². The lowest BCUT2D eigenvalue weighted by atomic mass is 10.1. The summed E-state index contributed by atoms with van der Waals surface area (Å²) >= 11 is 2.20. The molecule has 0 aliphatic carbocycles. The van der Waals surface area contributed by atoms with Crippen molar-refractivity contribution >= 4 is 45.7 Å². The monoisotopic (exact) mass is 411 g/mol. The van der Waals surface area contributed by atoms with Crippen molar-refractivity contribution in [2.45, 2.75) is 25.8 Å². The first kappa shape index (κ1) is 19.2. The Labute approximate surface area is 162 Å². The number of aromatic nitrogens is 1. The largest absolute Gasteiger partial charge is 0.352 e. The molecule has 0 spiro atoms. The van der Waals surface area contributed by atoms with Crippen LogP contribution in [-0.2, 0) is 4.79 Å². The summed E-state index contributed by atoms with van der Waals surface area (Å²) in [6, 6.07) is 0.871. The number of carbonyl (C=O) groups excluding carboxylic acids is 3. The smallest absolute Gasteiger partial charge is 0.312 e. The zero-order valence-corrected chi connectivity index (χ0v) is 16.1. The van der Waals surface area contributed by atoms with E-state index >= 15 is 0 Å². The molecule has 144 valence electrons. The van der Waals surface area contributed by atoms with Gasteiger partial charge in [-0.05, 0) is 25.8 Å². The molecule has 4 N–H and O–H groups in total. The van der Waals surface area contributed by atoms with Crippen LogP contribution in [0.25, 0.3) is 0 Å². The summed E-state index contributed by atoms with van der Waals surface area (Å²) in [5.41, 5.74) is 5.49. The number of nitrogens with one attached hydrogen (secondary N) is 2. The van der Waals surface area contributed by atoms with Gasteiger partial charge in [-0.15, -0.1) is 11.3 Å². The fourth-order valence-electron chi connectivity index (χ4n) is 3.00. The molecule has 27 heavy (non-hydrogen) atoms. The van der Waals surface area contributed by atoms with Crippen LogP contribution >= 0.6 is 22.7 Å². The molecule has 0 saturated carbocycles. The summed E-state index contributed by atoms with van der Waals surface area (Å²) in [5, 5.41) is 4.61. The van der Waals surface area contributed by atoms with Gasteiger partial charge in [-0.1, -0.05) is 11.3 Å². The Hall–Kier alpha value is -2.53. The molecule has 0 aromatic carbocycles. The second-order valence-electron chi connectivity index (χ2n) is 6.01. The average molecular weight is 411 g/mol. The fraction of sp³-hybridized carbons (Fsp3) is 0.375. The number of primary amides is 1. The maximum atomic E-state index is 13.0. The Morgan fingerprint density at radius 3 is 2.85 bits per heavy atom. The van der Waals surface area contributed by atoms with Gasteiger partial charge in [-0.2, -0.15) is 4.39 Å². The third-order valence-corrected chi connectivity index (χ3v) is 6.05. The first-order valence-corrected chi connectivity index (χ1v) is 9.84. The highest BCUT2D eigenvalue weighted by Gasteiger charge is 2.32. The van der Waals surface area contributed by atoms with Crippen LogP contribution in [0.3, 0.4) is 0 Å². The molecule has 1 atom stereocenters. The van der Waals surface area contributed by atoms with Gasteiger partial charge in [0.05, 0.1) is 24.3 Å². The number of amides is 4. The standard InChI is InChI=1S/C16H18FN5O3S2/c1-8-9(14(24)21-16-20-6-12(17)27-16)5-11(26-8)10-3-2-4-22(10)13(23)7-19-15(18)25/h5-6,10H,2-4,7H2,1H3,(H3,18,19,25)(H,20,21,24). The predicted molar refractivity (Wildman–Crippen MR) is 100 cm³/mol. The molecule has 1 saturated heterocycles. The van der Waals surface area contributed by atoms with Crippen LogP contribution in [-0.4, -0.2) is 40.8 Å². The molecule has 3 rings (SSSR count). The number of urea groups is 1. The van der Waals surface area contributed by atoms with E-state index in [0.717, 1.165) is 40.1 Å². The van der Waals surface area contributed by atoms with Gasteiger partial charge in [0, 0.05) is 16.3 Å². The number of nitrogens with two attached hydrogens (primary N) is 1. The predicted octanol–water partition coefficient (Wildman–Crippen LogP) is 2.24. The lowest BCUT2D eigenvalue weighted by Crippen LogP contribution is -2.41. The number of rotatable bonds is 5. The topological polar surface area (TPSA) is 117 Å². The lowest BCUT2D eigenvalue weighted by Gasteiger charge is -2.23. The van der Waals surface area contributed by atoms with Gasteiger partial charge in [0.2, 0.25) is 5.91 Å². The molecule has 0 bridgehead atoms. The minimum Gasteiger partial charge on any atom is -0.352 e. The van der Waals surface area contributed by atoms with Gasteiger partial charge < -0.3 is 16.0 Å². The number of thiophene rings is 1. The Morgan fingerprint density at radius 1 is 1.41 bits per heavy atom. The van der Waals surface area contributed by atoms with E-state index in [1.165, 1.54) is 11.3 Å². The fourth-order valence-corrected chi connectivity index (χ4v) is 4.71. The number of anilines is 1. The molecule has 11 heteroatoms. The molecule has 2 aromatic rings. The normalized spacial score (nSPS) is 16.4. The minimum atomic E-state index is -0.747. The van der Waals surface area contributed by atoms with Crippen molar-refractivity contribution in [1.29, 1.82) is 0 Å². The number of likely N-dealkylation sites (tertiary alicyclic amines) is 1. The van der Waals surface area contributed by atoms with Gasteiger partial charge >= 0.3 is 6.03 Å². The minimum absolute atomic E-state index is 0.144. The van der Waals surface area contributed by atoms with Gasteiger partial charge in [0.25, 0.3) is 5.91 Å². The van der Waals surface area contributed by atoms with Crippen LogP contribution in [0.4, 0.5) is 14.3 Å². The van der Waals surface area contributed by atoms with Crippen molar-refractivity contribution in [3.05, 3.63) is 32.7 Å². The number of nitrogens with zero attached hydrogens (tertiary/aromatic N) is 2. The van der Waals surface area contributed by atoms with Crippen molar-refractivity contribution in [2.75, 3.05) is 18.4 Å². The van der Waals surface area contributed by atoms with Gasteiger partial charge in [-0.3, -0.25) is 14.9 Å². The summed E-state index contributed by atoms with van der Waals surface area (Å²) in [4.78, 5) is 42.8. The van der Waals surface area contributed by atoms with Crippen LogP contribution in [0.2, 0.25) is 0 Å². The van der Waals surface area contributed by atoms with E-state index in [2.05, 4.69) is 15.6 Å². The van der Waals surface area contributed by atoms with E-state index in [1.807, 2.05) is 6.92 Å². The molecular weight excluding hydrogens is 393 g/mol. The van der Waals surface area contributed by atoms with E-state index in [0.29, 0.717) is 12.1 Å². The molecule has 4 amide bonds. The summed E-state index contributed by atoms with van der Waals surface area (Å²) < 4.78 is 13.0. The van der Waals surface area contributed by atoms with E-state index in [-0.39, 0.29) is 29.5 Å². The number of aryl methyl sites for hydroxylation is 1. The number of carbonyl (C=O) groups is 3. The van der Waals surface area contributed by atoms with Crippen molar-refractivity contribution in [1.82, 2.24) is 15.2 Å². The quantitative estimate of drug-likeness (QED) is 0.699. The average Bonchev–Trinajstić information content (AvgIpc) is 3.32. The molecular formula is C16H18FN5O3S2. The first-order chi connectivity index (χ1) is 12.8. The molecule has 1 aliphatic rings. The summed E-state index contributed by atoms with van der Waals surface area (Å²) in [6.07, 6.45) is 2.67. The zero-order chi connectivity index (χ0) is 19.6. The van der Waals surface area contributed by atoms with Gasteiger partial charge in [0.1, 0.15) is 0 Å². The summed E-state index contributed by atoms with van der Waals surface area (Å²) in [6.45, 7) is 2.25. The Balaban J connectivity index is 1.73. The van der Waals surface area contributed by atoms with Crippen LogP contribution in [0.1, 0.15) is 39.0 Å². The number of hydrogen-bond acceptors (Lipinski definition) is 6. The van der Waals surface area contributed by atoms with Crippen molar-refractivity contribution in [3.8, 4) is 0 Å². The highest BCUT2D eigenvalue weighted by Crippen LogP contribution is 2.37. The molecule has 1 aliphatic heterocycles. The zero-order valence-electron chi connectivity index (χ0n) is 14.5. The van der Waals surface area contributed by atoms with Gasteiger partial charge in [0.15, 0.2) is 10.3 Å². The van der Waals surface area contributed by atoms with E-state index in [1.54, 1.807) is 11.0 Å². The third-order valence-electron chi connectivity index (χ3n) is 4.19. The summed E-state index contributed by atoms with van der Waals surface area (Å²) in [5.74, 6) is -0.581. The van der Waals surface area contributed by atoms with Crippen LogP contribution in [0, 0.1) is 12.1 Å².